The van der Waals surface area contributed by atoms with Crippen molar-refractivity contribution in [1.82, 2.24) is 0 Å². The van der Waals surface area contributed by atoms with Crippen LogP contribution in [0, 0.1) is 22.7 Å². The molecule has 19 heavy (non-hydrogen) atoms. The molecular weight excluding hydrogens is 242 g/mol. The molecule has 4 heteroatoms. The fraction of sp³-hybridized carbons (Fsp3) is 0.533. The normalized spacial score (nSPS) is 28.8. The van der Waals surface area contributed by atoms with Crippen molar-refractivity contribution in [3.05, 3.63) is 29.8 Å². The summed E-state index contributed by atoms with van der Waals surface area (Å²) in [6, 6.07) is 9.93. The third-order valence-corrected chi connectivity index (χ3v) is 4.35. The number of aliphatic hydroxyl groups is 1. The van der Waals surface area contributed by atoms with E-state index in [1.807, 2.05) is 24.3 Å². The second-order valence-corrected chi connectivity index (χ2v) is 5.28. The summed E-state index contributed by atoms with van der Waals surface area (Å²) in [7, 11) is 0. The largest absolute Gasteiger partial charge is 0.493 e. The summed E-state index contributed by atoms with van der Waals surface area (Å²) < 4.78 is 11.1. The van der Waals surface area contributed by atoms with Gasteiger partial charge in [-0.15, -0.1) is 0 Å². The molecular formula is C15H17NO3. The van der Waals surface area contributed by atoms with Gasteiger partial charge in [0.05, 0.1) is 24.2 Å². The minimum absolute atomic E-state index is 0.184. The van der Waals surface area contributed by atoms with E-state index in [0.717, 1.165) is 11.3 Å². The summed E-state index contributed by atoms with van der Waals surface area (Å²) in [5, 5.41) is 20.2. The summed E-state index contributed by atoms with van der Waals surface area (Å²) in [4.78, 5) is 0. The number of hydrogen-bond acceptors (Lipinski definition) is 4. The van der Waals surface area contributed by atoms with Crippen molar-refractivity contribution in [2.24, 2.45) is 11.3 Å². The van der Waals surface area contributed by atoms with Crippen LogP contribution in [0.1, 0.15) is 24.5 Å². The Kier molecular flexibility index (Phi) is 3.17. The number of benzene rings is 1. The molecule has 0 radical (unpaired) electrons. The molecule has 2 aliphatic heterocycles. The molecule has 4 nitrogen and oxygen atoms in total. The van der Waals surface area contributed by atoms with Crippen molar-refractivity contribution in [3.63, 3.8) is 0 Å². The van der Waals surface area contributed by atoms with Crippen molar-refractivity contribution in [2.45, 2.75) is 18.9 Å². The highest BCUT2D eigenvalue weighted by molar-refractivity contribution is 5.38. The fourth-order valence-electron chi connectivity index (χ4n) is 3.11. The van der Waals surface area contributed by atoms with Gasteiger partial charge in [0.1, 0.15) is 5.75 Å². The van der Waals surface area contributed by atoms with Crippen LogP contribution in [-0.2, 0) is 4.74 Å². The maximum absolute atomic E-state index is 10.6. The fourth-order valence-corrected chi connectivity index (χ4v) is 3.11. The van der Waals surface area contributed by atoms with Gasteiger partial charge in [-0.25, -0.2) is 0 Å². The SMILES string of the molecule is N#CC1(C2COc3ccccc3C2O)CCOCC1. The van der Waals surface area contributed by atoms with E-state index in [1.54, 1.807) is 0 Å². The Morgan fingerprint density at radius 2 is 2.00 bits per heavy atom. The molecule has 0 aromatic heterocycles. The van der Waals surface area contributed by atoms with Gasteiger partial charge in [0.2, 0.25) is 0 Å². The number of ether oxygens (including phenoxy) is 2. The predicted molar refractivity (Wildman–Crippen MR) is 68.5 cm³/mol. The lowest BCUT2D eigenvalue weighted by Gasteiger charge is -2.42. The molecule has 1 saturated heterocycles. The highest BCUT2D eigenvalue weighted by Gasteiger charge is 2.47. The predicted octanol–water partition coefficient (Wildman–Crippen LogP) is 2.05. The van der Waals surface area contributed by atoms with Gasteiger partial charge in [-0.1, -0.05) is 18.2 Å². The Hall–Kier alpha value is -1.57. The van der Waals surface area contributed by atoms with Crippen LogP contribution in [0.5, 0.6) is 5.75 Å². The van der Waals surface area contributed by atoms with Gasteiger partial charge in [-0.3, -0.25) is 0 Å². The molecule has 2 atom stereocenters. The zero-order chi connectivity index (χ0) is 13.3. The molecule has 1 N–H and O–H groups in total. The highest BCUT2D eigenvalue weighted by atomic mass is 16.5. The van der Waals surface area contributed by atoms with Gasteiger partial charge in [0.25, 0.3) is 0 Å². The molecule has 0 bridgehead atoms. The van der Waals surface area contributed by atoms with Crippen molar-refractivity contribution in [1.29, 1.82) is 5.26 Å². The van der Waals surface area contributed by atoms with Crippen LogP contribution in [0.2, 0.25) is 0 Å². The topological polar surface area (TPSA) is 62.5 Å². The van der Waals surface area contributed by atoms with E-state index in [1.165, 1.54) is 0 Å². The molecule has 0 amide bonds. The summed E-state index contributed by atoms with van der Waals surface area (Å²) in [6.45, 7) is 1.56. The molecule has 0 aliphatic carbocycles. The van der Waals surface area contributed by atoms with Crippen molar-refractivity contribution in [2.75, 3.05) is 19.8 Å². The quantitative estimate of drug-likeness (QED) is 0.838. The summed E-state index contributed by atoms with van der Waals surface area (Å²) >= 11 is 0. The van der Waals surface area contributed by atoms with E-state index in [2.05, 4.69) is 6.07 Å². The Bertz CT molecular complexity index is 502. The number of hydrogen-bond donors (Lipinski definition) is 1. The number of rotatable bonds is 1. The maximum Gasteiger partial charge on any atom is 0.125 e. The molecule has 2 heterocycles. The first-order chi connectivity index (χ1) is 9.27. The van der Waals surface area contributed by atoms with E-state index < -0.39 is 11.5 Å². The number of para-hydroxylation sites is 1. The highest BCUT2D eigenvalue weighted by Crippen LogP contribution is 2.47. The summed E-state index contributed by atoms with van der Waals surface area (Å²) in [5.41, 5.74) is 0.255. The lowest BCUT2D eigenvalue weighted by Crippen LogP contribution is -2.43. The molecule has 2 unspecified atom stereocenters. The zero-order valence-electron chi connectivity index (χ0n) is 10.7. The minimum atomic E-state index is -0.636. The van der Waals surface area contributed by atoms with E-state index >= 15 is 0 Å². The number of aliphatic hydroxyl groups excluding tert-OH is 1. The number of nitriles is 1. The van der Waals surface area contributed by atoms with Gasteiger partial charge >= 0.3 is 0 Å². The molecule has 0 saturated carbocycles. The Labute approximate surface area is 112 Å². The molecule has 0 spiro atoms. The molecule has 100 valence electrons. The van der Waals surface area contributed by atoms with Crippen molar-refractivity contribution >= 4 is 0 Å². The Morgan fingerprint density at radius 3 is 2.74 bits per heavy atom. The monoisotopic (exact) mass is 259 g/mol. The minimum Gasteiger partial charge on any atom is -0.493 e. The van der Waals surface area contributed by atoms with Crippen LogP contribution >= 0.6 is 0 Å². The molecule has 1 aromatic rings. The molecule has 3 rings (SSSR count). The molecule has 1 aromatic carbocycles. The Morgan fingerprint density at radius 1 is 1.26 bits per heavy atom. The Balaban J connectivity index is 1.93. The third kappa shape index (κ3) is 1.99. The van der Waals surface area contributed by atoms with Crippen molar-refractivity contribution in [3.8, 4) is 11.8 Å². The zero-order valence-corrected chi connectivity index (χ0v) is 10.7. The van der Waals surface area contributed by atoms with Crippen LogP contribution in [-0.4, -0.2) is 24.9 Å². The second kappa shape index (κ2) is 4.84. The van der Waals surface area contributed by atoms with Gasteiger partial charge in [0.15, 0.2) is 0 Å². The first kappa shape index (κ1) is 12.5. The lowest BCUT2D eigenvalue weighted by molar-refractivity contribution is -0.0570. The average molecular weight is 259 g/mol. The van der Waals surface area contributed by atoms with Gasteiger partial charge < -0.3 is 14.6 Å². The average Bonchev–Trinajstić information content (AvgIpc) is 2.48. The lowest BCUT2D eigenvalue weighted by atomic mass is 9.67. The molecule has 1 fully saturated rings. The van der Waals surface area contributed by atoms with Gasteiger partial charge in [-0.2, -0.15) is 5.26 Å². The standard InChI is InChI=1S/C15H17NO3/c16-10-15(5-7-18-8-6-15)12-9-19-13-4-2-1-3-11(13)14(12)17/h1-4,12,14,17H,5-9H2. The summed E-state index contributed by atoms with van der Waals surface area (Å²) in [5.74, 6) is 0.544. The van der Waals surface area contributed by atoms with Crippen LogP contribution < -0.4 is 4.74 Å². The summed E-state index contributed by atoms with van der Waals surface area (Å²) in [6.07, 6.45) is 0.691. The number of nitrogens with zero attached hydrogens (tertiary/aromatic N) is 1. The second-order valence-electron chi connectivity index (χ2n) is 5.28. The van der Waals surface area contributed by atoms with Crippen LogP contribution in [0.25, 0.3) is 0 Å². The van der Waals surface area contributed by atoms with E-state index in [-0.39, 0.29) is 5.92 Å². The molecule has 2 aliphatic rings. The third-order valence-electron chi connectivity index (χ3n) is 4.35. The van der Waals surface area contributed by atoms with Gasteiger partial charge in [-0.05, 0) is 18.9 Å². The smallest absolute Gasteiger partial charge is 0.125 e. The first-order valence-electron chi connectivity index (χ1n) is 6.66. The van der Waals surface area contributed by atoms with E-state index in [0.29, 0.717) is 32.7 Å². The van der Waals surface area contributed by atoms with E-state index in [4.69, 9.17) is 9.47 Å². The maximum atomic E-state index is 10.6. The van der Waals surface area contributed by atoms with Crippen LogP contribution in [0.4, 0.5) is 0 Å². The first-order valence-corrected chi connectivity index (χ1v) is 6.66. The van der Waals surface area contributed by atoms with E-state index in [9.17, 15) is 10.4 Å². The van der Waals surface area contributed by atoms with Crippen molar-refractivity contribution < 1.29 is 14.6 Å². The van der Waals surface area contributed by atoms with Crippen LogP contribution in [0.15, 0.2) is 24.3 Å². The van der Waals surface area contributed by atoms with Crippen LogP contribution in [0.3, 0.4) is 0 Å². The van der Waals surface area contributed by atoms with Gasteiger partial charge in [0, 0.05) is 24.7 Å². The number of fused-ring (bicyclic) bond motifs is 1.